The van der Waals surface area contributed by atoms with Crippen LogP contribution in [0, 0.1) is 5.92 Å². The van der Waals surface area contributed by atoms with E-state index in [0.29, 0.717) is 0 Å². The first-order valence-electron chi connectivity index (χ1n) is 4.80. The summed E-state index contributed by atoms with van der Waals surface area (Å²) in [6.45, 7) is 7.28. The quantitative estimate of drug-likeness (QED) is 0.642. The van der Waals surface area contributed by atoms with E-state index in [0.717, 1.165) is 18.9 Å². The van der Waals surface area contributed by atoms with E-state index in [1.54, 1.807) is 0 Å². The van der Waals surface area contributed by atoms with Crippen LogP contribution in [0.15, 0.2) is 12.2 Å². The van der Waals surface area contributed by atoms with Crippen molar-refractivity contribution in [3.63, 3.8) is 0 Å². The summed E-state index contributed by atoms with van der Waals surface area (Å²) in [7, 11) is 2.18. The van der Waals surface area contributed by atoms with Gasteiger partial charge in [-0.3, -0.25) is 0 Å². The molecule has 1 heterocycles. The minimum absolute atomic E-state index is 0.741. The second-order valence-corrected chi connectivity index (χ2v) is 3.77. The predicted molar refractivity (Wildman–Crippen MR) is 53.0 cm³/mol. The van der Waals surface area contributed by atoms with Crippen LogP contribution in [0.5, 0.6) is 0 Å². The fourth-order valence-electron chi connectivity index (χ4n) is 1.81. The first kappa shape index (κ1) is 9.75. The van der Waals surface area contributed by atoms with Crippen molar-refractivity contribution in [1.82, 2.24) is 4.90 Å². The molecule has 12 heavy (non-hydrogen) atoms. The molecule has 0 unspecified atom stereocenters. The summed E-state index contributed by atoms with van der Waals surface area (Å²) >= 11 is 0. The number of likely N-dealkylation sites (tertiary alicyclic amines) is 1. The summed E-state index contributed by atoms with van der Waals surface area (Å²) in [4.78, 5) is 2.38. The Hall–Kier alpha value is -0.340. The monoisotopic (exact) mass is 168 g/mol. The number of piperidine rings is 1. The fraction of sp³-hybridized carbons (Fsp3) is 0.800. The Balaban J connectivity index is 2.29. The van der Waals surface area contributed by atoms with Gasteiger partial charge in [0.2, 0.25) is 0 Å². The van der Waals surface area contributed by atoms with Gasteiger partial charge in [0, 0.05) is 0 Å². The minimum atomic E-state index is 0.741. The molecule has 0 amide bonds. The maximum absolute atomic E-state index is 5.49. The standard InChI is InChI=1S/C10H20N2/c1-9(3-6-11)10-4-7-12(2)8-5-10/h10H,1,3-8,11H2,2H3. The molecular formula is C10H20N2. The number of rotatable bonds is 3. The van der Waals surface area contributed by atoms with Crippen molar-refractivity contribution in [3.8, 4) is 0 Å². The van der Waals surface area contributed by atoms with Gasteiger partial charge in [-0.1, -0.05) is 12.2 Å². The third-order valence-corrected chi connectivity index (χ3v) is 2.76. The van der Waals surface area contributed by atoms with Gasteiger partial charge in [-0.05, 0) is 51.9 Å². The SMILES string of the molecule is C=C(CCN)C1CCN(C)CC1. The molecule has 0 spiro atoms. The summed E-state index contributed by atoms with van der Waals surface area (Å²) in [5, 5.41) is 0. The first-order chi connectivity index (χ1) is 5.74. The van der Waals surface area contributed by atoms with Gasteiger partial charge in [-0.2, -0.15) is 0 Å². The summed E-state index contributed by atoms with van der Waals surface area (Å²) in [6.07, 6.45) is 3.55. The van der Waals surface area contributed by atoms with Crippen LogP contribution in [-0.4, -0.2) is 31.6 Å². The van der Waals surface area contributed by atoms with Crippen LogP contribution in [0.3, 0.4) is 0 Å². The Bertz CT molecular complexity index is 146. The summed E-state index contributed by atoms with van der Waals surface area (Å²) in [5.74, 6) is 0.741. The van der Waals surface area contributed by atoms with Gasteiger partial charge < -0.3 is 10.6 Å². The molecule has 0 bridgehead atoms. The third-order valence-electron chi connectivity index (χ3n) is 2.76. The molecule has 2 nitrogen and oxygen atoms in total. The van der Waals surface area contributed by atoms with Gasteiger partial charge >= 0.3 is 0 Å². The molecular weight excluding hydrogens is 148 g/mol. The van der Waals surface area contributed by atoms with Gasteiger partial charge in [0.25, 0.3) is 0 Å². The largest absolute Gasteiger partial charge is 0.330 e. The van der Waals surface area contributed by atoms with Crippen LogP contribution in [0.2, 0.25) is 0 Å². The average molecular weight is 168 g/mol. The predicted octanol–water partition coefficient (Wildman–Crippen LogP) is 1.23. The maximum atomic E-state index is 5.49. The van der Waals surface area contributed by atoms with E-state index in [-0.39, 0.29) is 0 Å². The zero-order chi connectivity index (χ0) is 8.97. The molecule has 1 aliphatic rings. The van der Waals surface area contributed by atoms with E-state index in [9.17, 15) is 0 Å². The fourth-order valence-corrected chi connectivity index (χ4v) is 1.81. The van der Waals surface area contributed by atoms with E-state index in [4.69, 9.17) is 5.73 Å². The topological polar surface area (TPSA) is 29.3 Å². The lowest BCUT2D eigenvalue weighted by atomic mass is 9.88. The molecule has 1 aliphatic heterocycles. The molecule has 2 N–H and O–H groups in total. The molecule has 2 heteroatoms. The lowest BCUT2D eigenvalue weighted by molar-refractivity contribution is 0.236. The third kappa shape index (κ3) is 2.61. The highest BCUT2D eigenvalue weighted by molar-refractivity contribution is 5.02. The zero-order valence-electron chi connectivity index (χ0n) is 8.05. The van der Waals surface area contributed by atoms with Crippen molar-refractivity contribution in [2.75, 3.05) is 26.7 Å². The number of nitrogens with two attached hydrogens (primary N) is 1. The second kappa shape index (κ2) is 4.63. The molecule has 70 valence electrons. The first-order valence-corrected chi connectivity index (χ1v) is 4.80. The lowest BCUT2D eigenvalue weighted by Crippen LogP contribution is -2.31. The maximum Gasteiger partial charge on any atom is -0.00161 e. The van der Waals surface area contributed by atoms with E-state index < -0.39 is 0 Å². The van der Waals surface area contributed by atoms with E-state index in [1.807, 2.05) is 0 Å². The van der Waals surface area contributed by atoms with Crippen LogP contribution in [0.1, 0.15) is 19.3 Å². The van der Waals surface area contributed by atoms with Crippen molar-refractivity contribution in [2.45, 2.75) is 19.3 Å². The Morgan fingerprint density at radius 2 is 2.08 bits per heavy atom. The highest BCUT2D eigenvalue weighted by atomic mass is 15.1. The van der Waals surface area contributed by atoms with Crippen LogP contribution < -0.4 is 5.73 Å². The van der Waals surface area contributed by atoms with Gasteiger partial charge in [0.15, 0.2) is 0 Å². The van der Waals surface area contributed by atoms with E-state index >= 15 is 0 Å². The second-order valence-electron chi connectivity index (χ2n) is 3.77. The summed E-state index contributed by atoms with van der Waals surface area (Å²) in [5.41, 5.74) is 6.86. The molecule has 0 saturated carbocycles. The van der Waals surface area contributed by atoms with Crippen LogP contribution >= 0.6 is 0 Å². The van der Waals surface area contributed by atoms with Gasteiger partial charge in [0.1, 0.15) is 0 Å². The van der Waals surface area contributed by atoms with Crippen molar-refractivity contribution in [2.24, 2.45) is 11.7 Å². The van der Waals surface area contributed by atoms with Crippen molar-refractivity contribution >= 4 is 0 Å². The molecule has 0 aliphatic carbocycles. The molecule has 0 radical (unpaired) electrons. The van der Waals surface area contributed by atoms with Gasteiger partial charge in [0.05, 0.1) is 0 Å². The average Bonchev–Trinajstić information content (AvgIpc) is 2.06. The molecule has 0 atom stereocenters. The molecule has 0 aromatic heterocycles. The Morgan fingerprint density at radius 1 is 1.50 bits per heavy atom. The van der Waals surface area contributed by atoms with E-state index in [1.165, 1.54) is 31.5 Å². The van der Waals surface area contributed by atoms with Crippen LogP contribution in [0.4, 0.5) is 0 Å². The Labute approximate surface area is 75.4 Å². The minimum Gasteiger partial charge on any atom is -0.330 e. The summed E-state index contributed by atoms with van der Waals surface area (Å²) in [6, 6.07) is 0. The summed E-state index contributed by atoms with van der Waals surface area (Å²) < 4.78 is 0. The van der Waals surface area contributed by atoms with E-state index in [2.05, 4.69) is 18.5 Å². The van der Waals surface area contributed by atoms with Crippen LogP contribution in [0.25, 0.3) is 0 Å². The molecule has 0 aromatic carbocycles. The Kier molecular flexibility index (Phi) is 3.76. The zero-order valence-corrected chi connectivity index (χ0v) is 8.05. The lowest BCUT2D eigenvalue weighted by Gasteiger charge is -2.30. The molecule has 0 aromatic rings. The molecule has 1 rings (SSSR count). The molecule has 1 saturated heterocycles. The smallest absolute Gasteiger partial charge is 0.00161 e. The Morgan fingerprint density at radius 3 is 2.58 bits per heavy atom. The van der Waals surface area contributed by atoms with Crippen LogP contribution in [-0.2, 0) is 0 Å². The normalized spacial score (nSPS) is 21.2. The van der Waals surface area contributed by atoms with Gasteiger partial charge in [-0.25, -0.2) is 0 Å². The van der Waals surface area contributed by atoms with Gasteiger partial charge in [-0.15, -0.1) is 0 Å². The highest BCUT2D eigenvalue weighted by Gasteiger charge is 2.18. The van der Waals surface area contributed by atoms with Crippen molar-refractivity contribution in [3.05, 3.63) is 12.2 Å². The number of hydrogen-bond acceptors (Lipinski definition) is 2. The van der Waals surface area contributed by atoms with Crippen molar-refractivity contribution in [1.29, 1.82) is 0 Å². The van der Waals surface area contributed by atoms with Crippen molar-refractivity contribution < 1.29 is 0 Å². The highest BCUT2D eigenvalue weighted by Crippen LogP contribution is 2.24. The number of hydrogen-bond donors (Lipinski definition) is 1. The molecule has 1 fully saturated rings. The number of nitrogens with zero attached hydrogens (tertiary/aromatic N) is 1.